The van der Waals surface area contributed by atoms with Crippen LogP contribution < -0.4 is 0 Å². The first-order valence-electron chi connectivity index (χ1n) is 7.25. The summed E-state index contributed by atoms with van der Waals surface area (Å²) in [6.45, 7) is 3.60. The Labute approximate surface area is 130 Å². The molecule has 0 unspecified atom stereocenters. The van der Waals surface area contributed by atoms with Crippen LogP contribution in [-0.2, 0) is 19.1 Å². The molecule has 3 atom stereocenters. The highest BCUT2D eigenvalue weighted by atomic mass is 16.5. The molecule has 1 aliphatic rings. The van der Waals surface area contributed by atoms with Gasteiger partial charge in [0, 0.05) is 18.3 Å². The van der Waals surface area contributed by atoms with Crippen LogP contribution in [-0.4, -0.2) is 42.3 Å². The zero-order chi connectivity index (χ0) is 16.9. The molecular formula is C16H24O6. The summed E-state index contributed by atoms with van der Waals surface area (Å²) in [7, 11) is 2.77. The van der Waals surface area contributed by atoms with Crippen LogP contribution in [0.5, 0.6) is 0 Å². The summed E-state index contributed by atoms with van der Waals surface area (Å²) in [5.41, 5.74) is 0.926. The van der Waals surface area contributed by atoms with Crippen molar-refractivity contribution in [3.63, 3.8) is 0 Å². The van der Waals surface area contributed by atoms with Crippen molar-refractivity contribution < 1.29 is 29.3 Å². The molecule has 0 saturated carbocycles. The molecule has 22 heavy (non-hydrogen) atoms. The number of ketones is 1. The molecule has 6 nitrogen and oxygen atoms in total. The number of carbonyl (C=O) groups excluding carboxylic acids is 1. The fourth-order valence-electron chi connectivity index (χ4n) is 2.62. The van der Waals surface area contributed by atoms with E-state index in [4.69, 9.17) is 14.6 Å². The summed E-state index contributed by atoms with van der Waals surface area (Å²) in [6, 6.07) is 0. The van der Waals surface area contributed by atoms with Gasteiger partial charge in [-0.25, -0.2) is 0 Å². The number of aliphatic hydroxyl groups is 1. The van der Waals surface area contributed by atoms with Crippen LogP contribution in [0.1, 0.15) is 33.1 Å². The van der Waals surface area contributed by atoms with Gasteiger partial charge in [-0.05, 0) is 19.8 Å². The van der Waals surface area contributed by atoms with E-state index in [0.29, 0.717) is 12.8 Å². The molecule has 6 heteroatoms. The number of rotatable bonds is 7. The van der Waals surface area contributed by atoms with Gasteiger partial charge in [0.1, 0.15) is 6.10 Å². The lowest BCUT2D eigenvalue weighted by molar-refractivity contribution is -0.137. The molecule has 124 valence electrons. The monoisotopic (exact) mass is 312 g/mol. The molecule has 0 amide bonds. The second kappa shape index (κ2) is 7.98. The first-order chi connectivity index (χ1) is 10.3. The lowest BCUT2D eigenvalue weighted by atomic mass is 9.77. The number of carboxylic acid groups (broad SMARTS) is 1. The van der Waals surface area contributed by atoms with Crippen molar-refractivity contribution in [2.75, 3.05) is 14.2 Å². The normalized spacial score (nSPS) is 26.1. The Hall–Kier alpha value is -1.82. The third-order valence-corrected chi connectivity index (χ3v) is 4.07. The largest absolute Gasteiger partial charge is 0.494 e. The van der Waals surface area contributed by atoms with Crippen molar-refractivity contribution in [1.29, 1.82) is 0 Å². The van der Waals surface area contributed by atoms with Crippen LogP contribution in [0.3, 0.4) is 0 Å². The van der Waals surface area contributed by atoms with Crippen LogP contribution >= 0.6 is 0 Å². The van der Waals surface area contributed by atoms with E-state index in [2.05, 4.69) is 0 Å². The number of hydrogen-bond donors (Lipinski definition) is 2. The lowest BCUT2D eigenvalue weighted by Crippen LogP contribution is -2.40. The number of ether oxygens (including phenoxy) is 2. The van der Waals surface area contributed by atoms with Gasteiger partial charge in [0.15, 0.2) is 5.76 Å². The van der Waals surface area contributed by atoms with E-state index in [0.717, 1.165) is 5.57 Å². The number of methoxy groups -OCH3 is 2. The maximum Gasteiger partial charge on any atom is 0.303 e. The molecular weight excluding hydrogens is 288 g/mol. The van der Waals surface area contributed by atoms with Gasteiger partial charge in [0.2, 0.25) is 11.5 Å². The number of aliphatic carboxylic acids is 1. The molecule has 0 spiro atoms. The van der Waals surface area contributed by atoms with E-state index in [9.17, 15) is 14.7 Å². The second-order valence-electron chi connectivity index (χ2n) is 5.54. The van der Waals surface area contributed by atoms with Crippen LogP contribution in [0.15, 0.2) is 23.2 Å². The van der Waals surface area contributed by atoms with Crippen LogP contribution in [0.2, 0.25) is 0 Å². The highest BCUT2D eigenvalue weighted by molar-refractivity contribution is 5.97. The molecule has 0 saturated heterocycles. The van der Waals surface area contributed by atoms with Gasteiger partial charge in [-0.3, -0.25) is 9.59 Å². The Balaban J connectivity index is 2.87. The molecule has 0 heterocycles. The summed E-state index contributed by atoms with van der Waals surface area (Å²) in [5.74, 6) is -1.51. The van der Waals surface area contributed by atoms with E-state index < -0.39 is 18.0 Å². The van der Waals surface area contributed by atoms with E-state index in [1.54, 1.807) is 6.92 Å². The summed E-state index contributed by atoms with van der Waals surface area (Å²) in [6.07, 6.45) is 1.96. The number of Topliss-reactive ketones (excluding diaryl/α,β-unsaturated/α-hetero) is 1. The molecule has 0 aromatic heterocycles. The molecule has 0 bridgehead atoms. The molecule has 0 radical (unpaired) electrons. The number of aliphatic hydroxyl groups excluding tert-OH is 1. The predicted molar refractivity (Wildman–Crippen MR) is 80.0 cm³/mol. The van der Waals surface area contributed by atoms with E-state index in [1.807, 2.05) is 13.0 Å². The smallest absolute Gasteiger partial charge is 0.303 e. The topological polar surface area (TPSA) is 93.1 Å². The van der Waals surface area contributed by atoms with Crippen molar-refractivity contribution in [3.8, 4) is 0 Å². The van der Waals surface area contributed by atoms with Crippen molar-refractivity contribution in [3.05, 3.63) is 23.2 Å². The Bertz CT molecular complexity index is 491. The Morgan fingerprint density at radius 3 is 2.41 bits per heavy atom. The third-order valence-electron chi connectivity index (χ3n) is 4.07. The van der Waals surface area contributed by atoms with Gasteiger partial charge in [-0.1, -0.05) is 18.6 Å². The van der Waals surface area contributed by atoms with E-state index >= 15 is 0 Å². The average Bonchev–Trinajstić information content (AvgIpc) is 2.48. The highest BCUT2D eigenvalue weighted by Crippen LogP contribution is 2.35. The molecule has 0 fully saturated rings. The van der Waals surface area contributed by atoms with E-state index in [-0.39, 0.29) is 29.6 Å². The van der Waals surface area contributed by atoms with Crippen LogP contribution in [0, 0.1) is 11.8 Å². The quantitative estimate of drug-likeness (QED) is 0.697. The van der Waals surface area contributed by atoms with Crippen molar-refractivity contribution in [1.82, 2.24) is 0 Å². The molecule has 0 aromatic carbocycles. The maximum absolute atomic E-state index is 12.3. The minimum atomic E-state index is -0.920. The summed E-state index contributed by atoms with van der Waals surface area (Å²) in [4.78, 5) is 22.8. The standard InChI is InChI=1S/C16H24O6/c1-9(6-8-12(17)18)5-7-11-10(2)13(19)15(21-3)16(22-4)14(11)20/h5,10-11,14,20H,6-8H2,1-4H3,(H,17,18)/t10-,11-,14+/m0/s1. The van der Waals surface area contributed by atoms with Crippen molar-refractivity contribution in [2.24, 2.45) is 11.8 Å². The SMILES string of the molecule is COC1=C(OC)[C@H](O)[C@@H](CC=C(C)CCC(=O)O)[C@H](C)C1=O. The number of hydrogen-bond acceptors (Lipinski definition) is 5. The fourth-order valence-corrected chi connectivity index (χ4v) is 2.62. The number of carboxylic acids is 1. The first-order valence-corrected chi connectivity index (χ1v) is 7.25. The molecule has 0 aromatic rings. The number of allylic oxidation sites excluding steroid dienone is 3. The van der Waals surface area contributed by atoms with Crippen LogP contribution in [0.4, 0.5) is 0 Å². The van der Waals surface area contributed by atoms with Gasteiger partial charge < -0.3 is 19.7 Å². The van der Waals surface area contributed by atoms with Crippen molar-refractivity contribution >= 4 is 11.8 Å². The first kappa shape index (κ1) is 18.2. The second-order valence-corrected chi connectivity index (χ2v) is 5.54. The Kier molecular flexibility index (Phi) is 6.61. The molecule has 1 rings (SSSR count). The molecule has 1 aliphatic carbocycles. The minimum Gasteiger partial charge on any atom is -0.494 e. The van der Waals surface area contributed by atoms with Crippen molar-refractivity contribution in [2.45, 2.75) is 39.2 Å². The summed E-state index contributed by atoms with van der Waals surface area (Å²) < 4.78 is 10.2. The third kappa shape index (κ3) is 4.10. The Morgan fingerprint density at radius 2 is 1.91 bits per heavy atom. The average molecular weight is 312 g/mol. The lowest BCUT2D eigenvalue weighted by Gasteiger charge is -2.33. The molecule has 0 aliphatic heterocycles. The summed E-state index contributed by atoms with van der Waals surface area (Å²) >= 11 is 0. The van der Waals surface area contributed by atoms with Gasteiger partial charge >= 0.3 is 5.97 Å². The zero-order valence-corrected chi connectivity index (χ0v) is 13.5. The summed E-state index contributed by atoms with van der Waals surface area (Å²) in [5, 5.41) is 19.1. The predicted octanol–water partition coefficient (Wildman–Crippen LogP) is 1.89. The zero-order valence-electron chi connectivity index (χ0n) is 13.5. The molecule has 2 N–H and O–H groups in total. The van der Waals surface area contributed by atoms with Gasteiger partial charge in [-0.2, -0.15) is 0 Å². The highest BCUT2D eigenvalue weighted by Gasteiger charge is 2.42. The van der Waals surface area contributed by atoms with E-state index in [1.165, 1.54) is 14.2 Å². The van der Waals surface area contributed by atoms with Gasteiger partial charge in [-0.15, -0.1) is 0 Å². The fraction of sp³-hybridized carbons (Fsp3) is 0.625. The maximum atomic E-state index is 12.3. The minimum absolute atomic E-state index is 0.0705. The Morgan fingerprint density at radius 1 is 1.27 bits per heavy atom. The number of carbonyl (C=O) groups is 2. The van der Waals surface area contributed by atoms with Gasteiger partial charge in [0.25, 0.3) is 0 Å². The van der Waals surface area contributed by atoms with Crippen LogP contribution in [0.25, 0.3) is 0 Å². The van der Waals surface area contributed by atoms with Gasteiger partial charge in [0.05, 0.1) is 14.2 Å².